The standard InChI is InChI=1S/C21H33N2O6P.C15H20ClN3O2.ClH/c22-14-6-4-13-19(20(24)23-15-8-12-18(23)21(25)26)29-30(27,28)16-7-5-11-17-9-2-1-3-10-17;1-21-14-7-12(17)11(16)6-10(14)15(20)18-13-8-19-4-2-9(13)3-5-19;/h1-3,9-10,18-19H,4-8,11-16,22H2,(H,25,26)(H,27,28);6-7,9,13H,2-5,8,17H2,1H3,(H,18,20);1H/t18-,19-;;/m0../s1. The number of nitrogens with two attached hydrogens (primary N) is 2. The van der Waals surface area contributed by atoms with Crippen LogP contribution >= 0.6 is 31.6 Å². The van der Waals surface area contributed by atoms with Crippen molar-refractivity contribution < 1.29 is 38.2 Å². The van der Waals surface area contributed by atoms with Crippen molar-refractivity contribution >= 4 is 55.1 Å². The van der Waals surface area contributed by atoms with Crippen LogP contribution in [0.5, 0.6) is 5.75 Å². The summed E-state index contributed by atoms with van der Waals surface area (Å²) in [6.07, 6.45) is 5.61. The van der Waals surface area contributed by atoms with E-state index in [0.717, 1.165) is 50.9 Å². The zero-order chi connectivity index (χ0) is 37.0. The molecule has 13 nitrogen and oxygen atoms in total. The van der Waals surface area contributed by atoms with E-state index in [1.165, 1.54) is 12.0 Å². The minimum absolute atomic E-state index is 0. The molecule has 52 heavy (non-hydrogen) atoms. The van der Waals surface area contributed by atoms with E-state index in [2.05, 4.69) is 10.2 Å². The number of hydrogen-bond acceptors (Lipinski definition) is 9. The van der Waals surface area contributed by atoms with Gasteiger partial charge < -0.3 is 41.3 Å². The van der Waals surface area contributed by atoms with E-state index in [9.17, 15) is 28.9 Å². The third-order valence-corrected chi connectivity index (χ3v) is 11.6. The molecule has 0 aromatic heterocycles. The number of nitrogen functional groups attached to an aromatic ring is 1. The van der Waals surface area contributed by atoms with Crippen molar-refractivity contribution in [2.24, 2.45) is 11.7 Å². The third kappa shape index (κ3) is 12.6. The van der Waals surface area contributed by atoms with Gasteiger partial charge in [-0.1, -0.05) is 41.9 Å². The molecule has 4 aliphatic heterocycles. The number of benzene rings is 2. The minimum atomic E-state index is -3.98. The molecule has 0 aliphatic carbocycles. The second-order valence-electron chi connectivity index (χ2n) is 13.5. The molecule has 7 N–H and O–H groups in total. The SMILES string of the molecule is COc1cc(N)c(Cl)cc1C(=O)NC1CN2CCC1CC2.Cl.NCCCC[C@H](OP(=O)(O)CCCCc1ccccc1)C(=O)N1CCC[C@H]1C(=O)O. The number of nitrogens with zero attached hydrogens (tertiary/aromatic N) is 2. The number of amides is 2. The molecule has 4 aliphatic rings. The summed E-state index contributed by atoms with van der Waals surface area (Å²) in [7, 11) is -2.46. The quantitative estimate of drug-likeness (QED) is 0.0876. The molecule has 4 heterocycles. The Balaban J connectivity index is 0.000000290. The lowest BCUT2D eigenvalue weighted by atomic mass is 9.84. The molecule has 2 amide bonds. The molecular weight excluding hydrogens is 732 g/mol. The zero-order valence-corrected chi connectivity index (χ0v) is 32.3. The highest BCUT2D eigenvalue weighted by atomic mass is 35.5. The Morgan fingerprint density at radius 3 is 2.38 bits per heavy atom. The molecule has 0 radical (unpaired) electrons. The van der Waals surface area contributed by atoms with Gasteiger partial charge in [0.05, 0.1) is 29.5 Å². The number of hydrogen-bond donors (Lipinski definition) is 5. The number of ether oxygens (including phenoxy) is 1. The third-order valence-electron chi connectivity index (χ3n) is 9.84. The normalized spacial score (nSPS) is 22.3. The fourth-order valence-electron chi connectivity index (χ4n) is 6.99. The Hall–Kier alpha value is -2.90. The van der Waals surface area contributed by atoms with Crippen LogP contribution in [0.2, 0.25) is 5.02 Å². The van der Waals surface area contributed by atoms with E-state index in [1.54, 1.807) is 12.1 Å². The highest BCUT2D eigenvalue weighted by molar-refractivity contribution is 7.52. The lowest BCUT2D eigenvalue weighted by Gasteiger charge is -2.44. The molecule has 4 saturated heterocycles. The number of aryl methyl sites for hydroxylation is 1. The van der Waals surface area contributed by atoms with Crippen molar-refractivity contribution in [3.8, 4) is 5.75 Å². The molecule has 2 aromatic carbocycles. The van der Waals surface area contributed by atoms with Crippen molar-refractivity contribution in [1.82, 2.24) is 15.1 Å². The summed E-state index contributed by atoms with van der Waals surface area (Å²) in [6, 6.07) is 12.3. The number of piperidine rings is 3. The van der Waals surface area contributed by atoms with Crippen LogP contribution in [0.1, 0.15) is 73.7 Å². The molecule has 0 spiro atoms. The van der Waals surface area contributed by atoms with E-state index in [0.29, 0.717) is 73.1 Å². The van der Waals surface area contributed by atoms with Crippen LogP contribution in [0.4, 0.5) is 5.69 Å². The van der Waals surface area contributed by atoms with E-state index in [4.69, 9.17) is 32.3 Å². The summed E-state index contributed by atoms with van der Waals surface area (Å²) >= 11 is 6.02. The average Bonchev–Trinajstić information content (AvgIpc) is 3.62. The number of unbranched alkanes of at least 4 members (excludes halogenated alkanes) is 2. The van der Waals surface area contributed by atoms with Gasteiger partial charge in [-0.25, -0.2) is 4.79 Å². The smallest absolute Gasteiger partial charge is 0.328 e. The summed E-state index contributed by atoms with van der Waals surface area (Å²) in [5.41, 5.74) is 13.3. The van der Waals surface area contributed by atoms with Crippen LogP contribution in [0.3, 0.4) is 0 Å². The summed E-state index contributed by atoms with van der Waals surface area (Å²) in [5, 5.41) is 12.8. The maximum atomic E-state index is 12.9. The number of carboxylic acids is 1. The molecule has 2 bridgehead atoms. The molecular formula is C36H54Cl2N5O8P. The summed E-state index contributed by atoms with van der Waals surface area (Å²) < 4.78 is 23.3. The Morgan fingerprint density at radius 2 is 1.77 bits per heavy atom. The van der Waals surface area contributed by atoms with Gasteiger partial charge in [0.25, 0.3) is 11.8 Å². The first-order valence-corrected chi connectivity index (χ1v) is 20.0. The van der Waals surface area contributed by atoms with Crippen molar-refractivity contribution in [2.75, 3.05) is 51.7 Å². The second kappa shape index (κ2) is 21.1. The number of rotatable bonds is 16. The predicted octanol–water partition coefficient (Wildman–Crippen LogP) is 4.96. The Morgan fingerprint density at radius 1 is 1.06 bits per heavy atom. The predicted molar refractivity (Wildman–Crippen MR) is 204 cm³/mol. The van der Waals surface area contributed by atoms with E-state index < -0.39 is 31.6 Å². The topological polar surface area (TPSA) is 198 Å². The van der Waals surface area contributed by atoms with Gasteiger partial charge in [0, 0.05) is 25.2 Å². The van der Waals surface area contributed by atoms with Gasteiger partial charge in [0.15, 0.2) is 0 Å². The molecule has 4 fully saturated rings. The first kappa shape index (κ1) is 43.5. The number of fused-ring (bicyclic) bond motifs is 3. The maximum Gasteiger partial charge on any atom is 0.328 e. The largest absolute Gasteiger partial charge is 0.496 e. The van der Waals surface area contributed by atoms with Crippen LogP contribution in [-0.2, 0) is 25.1 Å². The van der Waals surface area contributed by atoms with Gasteiger partial charge in [-0.3, -0.25) is 18.7 Å². The summed E-state index contributed by atoms with van der Waals surface area (Å²) in [5.74, 6) is -0.692. The molecule has 290 valence electrons. The fourth-order valence-corrected chi connectivity index (χ4v) is 8.48. The summed E-state index contributed by atoms with van der Waals surface area (Å²) in [4.78, 5) is 50.9. The number of carbonyl (C=O) groups is 3. The van der Waals surface area contributed by atoms with Crippen molar-refractivity contribution in [2.45, 2.75) is 82.4 Å². The van der Waals surface area contributed by atoms with Gasteiger partial charge >= 0.3 is 13.6 Å². The lowest BCUT2D eigenvalue weighted by Crippen LogP contribution is -2.57. The number of likely N-dealkylation sites (tertiary alicyclic amines) is 1. The van der Waals surface area contributed by atoms with Crippen LogP contribution in [-0.4, -0.2) is 102 Å². The number of carboxylic acid groups (broad SMARTS) is 1. The van der Waals surface area contributed by atoms with Crippen molar-refractivity contribution in [3.05, 3.63) is 58.6 Å². The number of aliphatic carboxylic acids is 1. The monoisotopic (exact) mass is 785 g/mol. The first-order chi connectivity index (χ1) is 24.4. The number of halogens is 2. The van der Waals surface area contributed by atoms with Crippen LogP contribution in [0, 0.1) is 5.92 Å². The number of nitrogens with one attached hydrogen (secondary N) is 1. The second-order valence-corrected chi connectivity index (χ2v) is 15.8. The van der Waals surface area contributed by atoms with Crippen molar-refractivity contribution in [1.29, 1.82) is 0 Å². The van der Waals surface area contributed by atoms with E-state index in [1.807, 2.05) is 30.3 Å². The van der Waals surface area contributed by atoms with E-state index in [-0.39, 0.29) is 36.9 Å². The van der Waals surface area contributed by atoms with Crippen LogP contribution in [0.15, 0.2) is 42.5 Å². The Kier molecular flexibility index (Phi) is 17.7. The van der Waals surface area contributed by atoms with Gasteiger partial charge in [-0.15, -0.1) is 12.4 Å². The molecule has 16 heteroatoms. The summed E-state index contributed by atoms with van der Waals surface area (Å²) in [6.45, 7) is 3.99. The van der Waals surface area contributed by atoms with Gasteiger partial charge in [-0.05, 0) is 101 Å². The molecule has 0 saturated carbocycles. The molecule has 2 aromatic rings. The first-order valence-electron chi connectivity index (χ1n) is 17.9. The Labute approximate surface area is 317 Å². The molecule has 2 unspecified atom stereocenters. The lowest BCUT2D eigenvalue weighted by molar-refractivity contribution is -0.151. The number of methoxy groups -OCH3 is 1. The highest BCUT2D eigenvalue weighted by Crippen LogP contribution is 2.45. The van der Waals surface area contributed by atoms with E-state index >= 15 is 0 Å². The molecule has 4 atom stereocenters. The van der Waals surface area contributed by atoms with Gasteiger partial charge in [0.2, 0.25) is 0 Å². The average molecular weight is 787 g/mol. The Bertz CT molecular complexity index is 1520. The maximum absolute atomic E-state index is 12.9. The van der Waals surface area contributed by atoms with Crippen LogP contribution < -0.4 is 21.5 Å². The highest BCUT2D eigenvalue weighted by Gasteiger charge is 2.40. The molecule has 6 rings (SSSR count). The zero-order valence-electron chi connectivity index (χ0n) is 29.8. The minimum Gasteiger partial charge on any atom is -0.496 e. The van der Waals surface area contributed by atoms with Crippen LogP contribution in [0.25, 0.3) is 0 Å². The number of carbonyl (C=O) groups excluding carboxylic acids is 2. The number of anilines is 1. The van der Waals surface area contributed by atoms with Crippen molar-refractivity contribution in [3.63, 3.8) is 0 Å². The van der Waals surface area contributed by atoms with Gasteiger partial charge in [-0.2, -0.15) is 0 Å². The fraction of sp³-hybridized carbons (Fsp3) is 0.583. The van der Waals surface area contributed by atoms with Gasteiger partial charge in [0.1, 0.15) is 17.9 Å².